The number of alkyl halides is 3. The number of nitrogens with one attached hydrogen (secondary N) is 2. The van der Waals surface area contributed by atoms with Crippen LogP contribution in [0.25, 0.3) is 22.4 Å². The van der Waals surface area contributed by atoms with E-state index in [0.717, 1.165) is 18.2 Å². The highest BCUT2D eigenvalue weighted by molar-refractivity contribution is 5.91. The Balaban J connectivity index is 2.18. The van der Waals surface area contributed by atoms with E-state index in [1.165, 1.54) is 12.4 Å². The number of allylic oxidation sites excluding steroid dienone is 4. The molecule has 0 amide bonds. The van der Waals surface area contributed by atoms with Crippen LogP contribution >= 0.6 is 0 Å². The van der Waals surface area contributed by atoms with Crippen LogP contribution in [0.4, 0.5) is 33.5 Å². The van der Waals surface area contributed by atoms with Gasteiger partial charge in [-0.2, -0.15) is 13.2 Å². The number of rotatable bonds is 9. The molecule has 0 aliphatic carbocycles. The number of benzene rings is 1. The van der Waals surface area contributed by atoms with E-state index in [1.54, 1.807) is 0 Å². The second-order valence-corrected chi connectivity index (χ2v) is 7.20. The molecule has 6 nitrogen and oxygen atoms in total. The van der Waals surface area contributed by atoms with Gasteiger partial charge in [-0.25, -0.2) is 28.7 Å². The van der Waals surface area contributed by atoms with Crippen LogP contribution in [-0.2, 0) is 0 Å². The van der Waals surface area contributed by atoms with Crippen molar-refractivity contribution in [2.24, 2.45) is 0 Å². The van der Waals surface area contributed by atoms with Crippen molar-refractivity contribution in [3.63, 3.8) is 0 Å². The molecule has 0 atom stereocenters. The zero-order valence-electron chi connectivity index (χ0n) is 18.7. The minimum absolute atomic E-state index is 0.00751. The first-order valence-corrected chi connectivity index (χ1v) is 10.3. The van der Waals surface area contributed by atoms with E-state index < -0.39 is 29.0 Å². The Kier molecular flexibility index (Phi) is 7.58. The maximum Gasteiger partial charge on any atom is 0.417 e. The van der Waals surface area contributed by atoms with Gasteiger partial charge in [0.1, 0.15) is 11.6 Å². The number of aromatic nitrogens is 4. The molecule has 3 aromatic rings. The van der Waals surface area contributed by atoms with Gasteiger partial charge in [0, 0.05) is 41.8 Å². The molecule has 2 N–H and O–H groups in total. The van der Waals surface area contributed by atoms with Crippen molar-refractivity contribution < 1.29 is 22.0 Å². The highest BCUT2D eigenvalue weighted by atomic mass is 19.4. The van der Waals surface area contributed by atoms with Crippen LogP contribution < -0.4 is 10.6 Å². The Morgan fingerprint density at radius 3 is 2.40 bits per heavy atom. The average molecular weight is 488 g/mol. The summed E-state index contributed by atoms with van der Waals surface area (Å²) in [7, 11) is 0. The predicted molar refractivity (Wildman–Crippen MR) is 126 cm³/mol. The lowest BCUT2D eigenvalue weighted by atomic mass is 10.1. The van der Waals surface area contributed by atoms with Gasteiger partial charge in [-0.05, 0) is 12.5 Å². The number of fused-ring (bicyclic) bond motifs is 1. The van der Waals surface area contributed by atoms with Crippen LogP contribution in [0, 0.1) is 11.6 Å². The van der Waals surface area contributed by atoms with Gasteiger partial charge >= 0.3 is 6.18 Å². The zero-order chi connectivity index (χ0) is 25.8. The third-order valence-electron chi connectivity index (χ3n) is 4.78. The second kappa shape index (κ2) is 10.4. The van der Waals surface area contributed by atoms with Gasteiger partial charge in [0.05, 0.1) is 11.3 Å². The van der Waals surface area contributed by atoms with Crippen LogP contribution in [0.15, 0.2) is 62.0 Å². The van der Waals surface area contributed by atoms with E-state index in [0.29, 0.717) is 19.0 Å². The van der Waals surface area contributed by atoms with E-state index in [-0.39, 0.29) is 39.8 Å². The van der Waals surface area contributed by atoms with Gasteiger partial charge in [0.25, 0.3) is 0 Å². The standard InChI is InChI=1S/C24H21F5N6/c1-5-8-30-19-16(11-14(25)12-18(19)26)13(4)33-23-20-22(32-10-9-31-20)34-21(35-23)15(6-2)17(7-3)24(27,28)29/h6-7,9-12,30H,2-5,8H2,1H3,(H,32,33,34,35)/b17-15-. The first kappa shape index (κ1) is 25.5. The normalized spacial score (nSPS) is 12.2. The molecule has 182 valence electrons. The van der Waals surface area contributed by atoms with Crippen LogP contribution in [-0.4, -0.2) is 32.7 Å². The molecule has 35 heavy (non-hydrogen) atoms. The Morgan fingerprint density at radius 1 is 1.06 bits per heavy atom. The third kappa shape index (κ3) is 5.51. The molecule has 0 radical (unpaired) electrons. The number of anilines is 2. The summed E-state index contributed by atoms with van der Waals surface area (Å²) in [5.41, 5.74) is -1.36. The maximum absolute atomic E-state index is 14.5. The molecule has 0 aliphatic heterocycles. The Labute approximate surface area is 198 Å². The summed E-state index contributed by atoms with van der Waals surface area (Å²) < 4.78 is 69.1. The average Bonchev–Trinajstić information content (AvgIpc) is 2.80. The summed E-state index contributed by atoms with van der Waals surface area (Å²) in [6.07, 6.45) is 0.158. The molecular formula is C24H21F5N6. The third-order valence-corrected chi connectivity index (χ3v) is 4.78. The Hall–Kier alpha value is -4.15. The van der Waals surface area contributed by atoms with Crippen molar-refractivity contribution in [1.82, 2.24) is 19.9 Å². The van der Waals surface area contributed by atoms with Gasteiger partial charge in [-0.3, -0.25) is 0 Å². The highest BCUT2D eigenvalue weighted by Crippen LogP contribution is 2.34. The fourth-order valence-corrected chi connectivity index (χ4v) is 3.22. The topological polar surface area (TPSA) is 75.6 Å². The summed E-state index contributed by atoms with van der Waals surface area (Å²) in [6, 6.07) is 1.80. The molecular weight excluding hydrogens is 467 g/mol. The predicted octanol–water partition coefficient (Wildman–Crippen LogP) is 6.29. The van der Waals surface area contributed by atoms with E-state index >= 15 is 0 Å². The quantitative estimate of drug-likeness (QED) is 0.272. The molecule has 0 fully saturated rings. The summed E-state index contributed by atoms with van der Waals surface area (Å²) in [5.74, 6) is -2.10. The van der Waals surface area contributed by atoms with E-state index in [9.17, 15) is 22.0 Å². The van der Waals surface area contributed by atoms with Crippen LogP contribution in [0.1, 0.15) is 24.7 Å². The lowest BCUT2D eigenvalue weighted by Crippen LogP contribution is -2.14. The zero-order valence-corrected chi connectivity index (χ0v) is 18.7. The monoisotopic (exact) mass is 488 g/mol. The highest BCUT2D eigenvalue weighted by Gasteiger charge is 2.35. The van der Waals surface area contributed by atoms with Crippen molar-refractivity contribution in [1.29, 1.82) is 0 Å². The number of hydrogen-bond acceptors (Lipinski definition) is 6. The van der Waals surface area contributed by atoms with Gasteiger partial charge in [0.15, 0.2) is 22.8 Å². The Morgan fingerprint density at radius 2 is 1.77 bits per heavy atom. The molecule has 11 heteroatoms. The van der Waals surface area contributed by atoms with Gasteiger partial charge in [-0.15, -0.1) is 0 Å². The van der Waals surface area contributed by atoms with E-state index in [4.69, 9.17) is 0 Å². The second-order valence-electron chi connectivity index (χ2n) is 7.20. The van der Waals surface area contributed by atoms with Gasteiger partial charge < -0.3 is 10.6 Å². The lowest BCUT2D eigenvalue weighted by Gasteiger charge is -2.17. The van der Waals surface area contributed by atoms with E-state index in [1.807, 2.05) is 6.92 Å². The summed E-state index contributed by atoms with van der Waals surface area (Å²) >= 11 is 0. The van der Waals surface area contributed by atoms with Crippen molar-refractivity contribution in [2.45, 2.75) is 19.5 Å². The minimum atomic E-state index is -4.75. The number of halogens is 5. The molecule has 0 aliphatic rings. The summed E-state index contributed by atoms with van der Waals surface area (Å²) in [5, 5.41) is 5.68. The summed E-state index contributed by atoms with van der Waals surface area (Å²) in [4.78, 5) is 16.5. The van der Waals surface area contributed by atoms with Crippen LogP contribution in [0.3, 0.4) is 0 Å². The Bertz CT molecular complexity index is 1330. The molecule has 0 saturated carbocycles. The van der Waals surface area contributed by atoms with Crippen LogP contribution in [0.2, 0.25) is 0 Å². The molecule has 0 unspecified atom stereocenters. The number of nitrogens with zero attached hydrogens (tertiary/aromatic N) is 4. The van der Waals surface area contributed by atoms with Crippen LogP contribution in [0.5, 0.6) is 0 Å². The lowest BCUT2D eigenvalue weighted by molar-refractivity contribution is -0.0875. The van der Waals surface area contributed by atoms with Crippen molar-refractivity contribution in [3.05, 3.63) is 85.0 Å². The molecule has 2 aromatic heterocycles. The largest absolute Gasteiger partial charge is 0.417 e. The SMILES string of the molecule is C=C/C(=C(\C=C)C(F)(F)F)c1nc(NC(=C)c2cc(F)cc(F)c2NCCC)c2nccnc2n1. The first-order chi connectivity index (χ1) is 16.6. The molecule has 0 bridgehead atoms. The summed E-state index contributed by atoms with van der Waals surface area (Å²) in [6.45, 7) is 12.8. The fourth-order valence-electron chi connectivity index (χ4n) is 3.22. The molecule has 0 spiro atoms. The molecule has 0 saturated heterocycles. The molecule has 1 aromatic carbocycles. The van der Waals surface area contributed by atoms with Crippen molar-refractivity contribution in [3.8, 4) is 0 Å². The first-order valence-electron chi connectivity index (χ1n) is 10.3. The van der Waals surface area contributed by atoms with Gasteiger partial charge in [-0.1, -0.05) is 38.8 Å². The van der Waals surface area contributed by atoms with Crippen molar-refractivity contribution in [2.75, 3.05) is 17.2 Å². The molecule has 2 heterocycles. The molecule has 3 rings (SSSR count). The number of hydrogen-bond donors (Lipinski definition) is 2. The maximum atomic E-state index is 14.5. The van der Waals surface area contributed by atoms with Crippen molar-refractivity contribution >= 4 is 33.9 Å². The smallest absolute Gasteiger partial charge is 0.382 e. The fraction of sp³-hybridized carbons (Fsp3) is 0.167. The minimum Gasteiger partial charge on any atom is -0.382 e. The van der Waals surface area contributed by atoms with E-state index in [2.05, 4.69) is 50.3 Å². The van der Waals surface area contributed by atoms with Gasteiger partial charge in [0.2, 0.25) is 0 Å².